The van der Waals surface area contributed by atoms with E-state index >= 15 is 0 Å². The molecular formula is C12H15NO4. The molecule has 5 nitrogen and oxygen atoms in total. The van der Waals surface area contributed by atoms with Crippen molar-refractivity contribution in [2.75, 3.05) is 19.5 Å². The molecule has 1 rings (SSSR count). The number of anilines is 1. The Balaban J connectivity index is 2.47. The van der Waals surface area contributed by atoms with Gasteiger partial charge < -0.3 is 14.8 Å². The normalized spacial score (nSPS) is 10.3. The predicted molar refractivity (Wildman–Crippen MR) is 62.5 cm³/mol. The fourth-order valence-corrected chi connectivity index (χ4v) is 1.33. The topological polar surface area (TPSA) is 64.6 Å². The van der Waals surface area contributed by atoms with E-state index in [1.807, 2.05) is 6.07 Å². The largest absolute Gasteiger partial charge is 0.349 e. The van der Waals surface area contributed by atoms with Gasteiger partial charge in [0.15, 0.2) is 5.78 Å². The van der Waals surface area contributed by atoms with Crippen LogP contribution in [0.1, 0.15) is 6.42 Å². The smallest absolute Gasteiger partial charge is 0.232 e. The number of nitrogens with one attached hydrogen (secondary N) is 1. The van der Waals surface area contributed by atoms with Crippen LogP contribution >= 0.6 is 0 Å². The van der Waals surface area contributed by atoms with Gasteiger partial charge in [0.05, 0.1) is 6.42 Å². The number of amides is 1. The molecule has 0 saturated carbocycles. The molecule has 0 unspecified atom stereocenters. The van der Waals surface area contributed by atoms with Gasteiger partial charge in [-0.3, -0.25) is 9.59 Å². The van der Waals surface area contributed by atoms with Gasteiger partial charge in [0.2, 0.25) is 12.2 Å². The number of carbonyl (C=O) groups excluding carboxylic acids is 2. The van der Waals surface area contributed by atoms with Crippen LogP contribution in [0, 0.1) is 0 Å². The maximum atomic E-state index is 11.5. The number of Topliss-reactive ketones (excluding diaryl/α,β-unsaturated/α-hetero) is 1. The maximum Gasteiger partial charge on any atom is 0.232 e. The number of hydrogen-bond acceptors (Lipinski definition) is 4. The zero-order valence-corrected chi connectivity index (χ0v) is 9.80. The van der Waals surface area contributed by atoms with Crippen molar-refractivity contribution in [1.29, 1.82) is 0 Å². The van der Waals surface area contributed by atoms with Crippen LogP contribution in [0.5, 0.6) is 0 Å². The zero-order valence-electron chi connectivity index (χ0n) is 9.80. The van der Waals surface area contributed by atoms with Crippen LogP contribution in [0.2, 0.25) is 0 Å². The average Bonchev–Trinajstić information content (AvgIpc) is 2.31. The molecule has 0 bridgehead atoms. The van der Waals surface area contributed by atoms with Gasteiger partial charge in [0.1, 0.15) is 0 Å². The Morgan fingerprint density at radius 2 is 1.76 bits per heavy atom. The van der Waals surface area contributed by atoms with E-state index < -0.39 is 12.1 Å². The molecule has 1 aromatic carbocycles. The number of methoxy groups -OCH3 is 2. The second-order valence-electron chi connectivity index (χ2n) is 3.36. The monoisotopic (exact) mass is 237 g/mol. The fourth-order valence-electron chi connectivity index (χ4n) is 1.33. The molecule has 0 aliphatic carbocycles. The molecule has 0 fully saturated rings. The maximum absolute atomic E-state index is 11.5. The molecule has 92 valence electrons. The van der Waals surface area contributed by atoms with E-state index in [4.69, 9.17) is 9.47 Å². The quantitative estimate of drug-likeness (QED) is 0.596. The highest BCUT2D eigenvalue weighted by Gasteiger charge is 2.19. The van der Waals surface area contributed by atoms with Crippen LogP contribution in [0.15, 0.2) is 30.3 Å². The third kappa shape index (κ3) is 4.34. The first-order chi connectivity index (χ1) is 8.17. The highest BCUT2D eigenvalue weighted by atomic mass is 16.7. The van der Waals surface area contributed by atoms with Crippen LogP contribution in [-0.4, -0.2) is 32.2 Å². The van der Waals surface area contributed by atoms with Crippen molar-refractivity contribution in [3.8, 4) is 0 Å². The number of carbonyl (C=O) groups is 2. The van der Waals surface area contributed by atoms with Crippen molar-refractivity contribution >= 4 is 17.4 Å². The van der Waals surface area contributed by atoms with Gasteiger partial charge in [-0.1, -0.05) is 18.2 Å². The van der Waals surface area contributed by atoms with E-state index in [0.717, 1.165) is 0 Å². The lowest BCUT2D eigenvalue weighted by Gasteiger charge is -2.11. The van der Waals surface area contributed by atoms with Crippen LogP contribution in [0.25, 0.3) is 0 Å². The first kappa shape index (κ1) is 13.3. The number of ether oxygens (including phenoxy) is 2. The van der Waals surface area contributed by atoms with Crippen molar-refractivity contribution in [3.05, 3.63) is 30.3 Å². The summed E-state index contributed by atoms with van der Waals surface area (Å²) in [5.74, 6) is -0.802. The van der Waals surface area contributed by atoms with Crippen LogP contribution < -0.4 is 5.32 Å². The number of benzene rings is 1. The molecule has 0 aliphatic rings. The second kappa shape index (κ2) is 6.78. The lowest BCUT2D eigenvalue weighted by molar-refractivity contribution is -0.157. The first-order valence-electron chi connectivity index (χ1n) is 5.10. The van der Waals surface area contributed by atoms with E-state index in [-0.39, 0.29) is 12.3 Å². The molecule has 0 atom stereocenters. The summed E-state index contributed by atoms with van der Waals surface area (Å²) in [7, 11) is 2.70. The SMILES string of the molecule is COC(OC)C(=O)CC(=O)Nc1ccccc1. The summed E-state index contributed by atoms with van der Waals surface area (Å²) < 4.78 is 9.52. The summed E-state index contributed by atoms with van der Waals surface area (Å²) in [6.07, 6.45) is -1.27. The Hall–Kier alpha value is -1.72. The molecule has 5 heteroatoms. The Bertz CT molecular complexity index is 373. The Morgan fingerprint density at radius 1 is 1.18 bits per heavy atom. The van der Waals surface area contributed by atoms with Crippen molar-refractivity contribution in [2.45, 2.75) is 12.7 Å². The summed E-state index contributed by atoms with van der Waals surface area (Å²) in [5, 5.41) is 2.60. The minimum atomic E-state index is -0.989. The van der Waals surface area contributed by atoms with Gasteiger partial charge in [0, 0.05) is 19.9 Å². The molecular weight excluding hydrogens is 222 g/mol. The van der Waals surface area contributed by atoms with Crippen LogP contribution in [0.3, 0.4) is 0 Å². The van der Waals surface area contributed by atoms with Crippen molar-refractivity contribution in [1.82, 2.24) is 0 Å². The Kier molecular flexibility index (Phi) is 5.32. The van der Waals surface area contributed by atoms with Gasteiger partial charge in [-0.2, -0.15) is 0 Å². The molecule has 0 heterocycles. The van der Waals surface area contributed by atoms with E-state index in [2.05, 4.69) is 5.32 Å². The summed E-state index contributed by atoms with van der Waals surface area (Å²) in [6, 6.07) is 8.92. The number of hydrogen-bond donors (Lipinski definition) is 1. The predicted octanol–water partition coefficient (Wildman–Crippen LogP) is 1.20. The highest BCUT2D eigenvalue weighted by Crippen LogP contribution is 2.06. The standard InChI is InChI=1S/C12H15NO4/c1-16-12(17-2)10(14)8-11(15)13-9-6-4-3-5-7-9/h3-7,12H,8H2,1-2H3,(H,13,15). The number of ketones is 1. The number of rotatable bonds is 6. The fraction of sp³-hybridized carbons (Fsp3) is 0.333. The van der Waals surface area contributed by atoms with Gasteiger partial charge >= 0.3 is 0 Å². The van der Waals surface area contributed by atoms with Crippen molar-refractivity contribution < 1.29 is 19.1 Å². The van der Waals surface area contributed by atoms with Gasteiger partial charge in [-0.15, -0.1) is 0 Å². The second-order valence-corrected chi connectivity index (χ2v) is 3.36. The molecule has 0 aliphatic heterocycles. The molecule has 0 spiro atoms. The third-order valence-electron chi connectivity index (χ3n) is 2.08. The number of para-hydroxylation sites is 1. The highest BCUT2D eigenvalue weighted by molar-refractivity contribution is 6.05. The van der Waals surface area contributed by atoms with E-state index in [1.54, 1.807) is 24.3 Å². The van der Waals surface area contributed by atoms with E-state index in [9.17, 15) is 9.59 Å². The minimum absolute atomic E-state index is 0.277. The van der Waals surface area contributed by atoms with Gasteiger partial charge in [-0.05, 0) is 12.1 Å². The molecule has 17 heavy (non-hydrogen) atoms. The molecule has 1 amide bonds. The third-order valence-corrected chi connectivity index (χ3v) is 2.08. The first-order valence-corrected chi connectivity index (χ1v) is 5.10. The van der Waals surface area contributed by atoms with Crippen LogP contribution in [-0.2, 0) is 19.1 Å². The Morgan fingerprint density at radius 3 is 2.29 bits per heavy atom. The zero-order chi connectivity index (χ0) is 12.7. The summed E-state index contributed by atoms with van der Waals surface area (Å²) in [4.78, 5) is 23.0. The average molecular weight is 237 g/mol. The molecule has 1 aromatic rings. The van der Waals surface area contributed by atoms with Crippen molar-refractivity contribution in [3.63, 3.8) is 0 Å². The summed E-state index contributed by atoms with van der Waals surface area (Å²) in [5.41, 5.74) is 0.650. The lowest BCUT2D eigenvalue weighted by Crippen LogP contribution is -2.29. The van der Waals surface area contributed by atoms with E-state index in [1.165, 1.54) is 14.2 Å². The van der Waals surface area contributed by atoms with Crippen molar-refractivity contribution in [2.24, 2.45) is 0 Å². The van der Waals surface area contributed by atoms with Gasteiger partial charge in [-0.25, -0.2) is 0 Å². The molecule has 0 radical (unpaired) electrons. The summed E-state index contributed by atoms with van der Waals surface area (Å²) in [6.45, 7) is 0. The minimum Gasteiger partial charge on any atom is -0.349 e. The molecule has 1 N–H and O–H groups in total. The molecule has 0 saturated heterocycles. The molecule has 0 aromatic heterocycles. The lowest BCUT2D eigenvalue weighted by atomic mass is 10.2. The van der Waals surface area contributed by atoms with Crippen LogP contribution in [0.4, 0.5) is 5.69 Å². The van der Waals surface area contributed by atoms with Gasteiger partial charge in [0.25, 0.3) is 0 Å². The Labute approximate surface area is 99.7 Å². The van der Waals surface area contributed by atoms with E-state index in [0.29, 0.717) is 5.69 Å². The summed E-state index contributed by atoms with van der Waals surface area (Å²) >= 11 is 0.